The van der Waals surface area contributed by atoms with E-state index in [1.807, 2.05) is 33.0 Å². The minimum absolute atomic E-state index is 0.0421. The lowest BCUT2D eigenvalue weighted by atomic mass is 9.95. The molecule has 0 aliphatic rings. The average Bonchev–Trinajstić information content (AvgIpc) is 2.38. The molecule has 1 aromatic carbocycles. The number of aliphatic carboxylic acids is 1. The van der Waals surface area contributed by atoms with Crippen molar-refractivity contribution in [3.63, 3.8) is 0 Å². The first-order valence-electron chi connectivity index (χ1n) is 6.63. The second-order valence-corrected chi connectivity index (χ2v) is 4.77. The molecule has 19 heavy (non-hydrogen) atoms. The molecule has 0 amide bonds. The minimum Gasteiger partial charge on any atom is -0.494 e. The maximum atomic E-state index is 10.9. The number of hydrogen-bond acceptors (Lipinski definition) is 3. The molecule has 0 aromatic heterocycles. The zero-order valence-corrected chi connectivity index (χ0v) is 12.1. The molecule has 0 fully saturated rings. The smallest absolute Gasteiger partial charge is 0.306 e. The van der Waals surface area contributed by atoms with Crippen LogP contribution in [0.2, 0.25) is 0 Å². The third-order valence-electron chi connectivity index (χ3n) is 3.26. The van der Waals surface area contributed by atoms with Gasteiger partial charge in [0.1, 0.15) is 5.75 Å². The van der Waals surface area contributed by atoms with Gasteiger partial charge in [0.2, 0.25) is 0 Å². The molecule has 2 atom stereocenters. The van der Waals surface area contributed by atoms with Crippen LogP contribution in [0, 0.1) is 12.8 Å². The Hall–Kier alpha value is -1.55. The maximum absolute atomic E-state index is 10.9. The highest BCUT2D eigenvalue weighted by molar-refractivity contribution is 5.69. The van der Waals surface area contributed by atoms with Crippen molar-refractivity contribution >= 4 is 5.97 Å². The van der Waals surface area contributed by atoms with E-state index in [0.29, 0.717) is 13.0 Å². The average molecular weight is 265 g/mol. The highest BCUT2D eigenvalue weighted by Crippen LogP contribution is 2.26. The summed E-state index contributed by atoms with van der Waals surface area (Å²) in [4.78, 5) is 10.9. The van der Waals surface area contributed by atoms with Crippen LogP contribution >= 0.6 is 0 Å². The molecule has 0 radical (unpaired) electrons. The van der Waals surface area contributed by atoms with Gasteiger partial charge in [0.05, 0.1) is 12.5 Å². The number of carboxylic acids is 1. The molecule has 4 heteroatoms. The molecule has 0 aliphatic carbocycles. The van der Waals surface area contributed by atoms with Crippen LogP contribution in [-0.4, -0.2) is 24.7 Å². The Morgan fingerprint density at radius 1 is 1.47 bits per heavy atom. The van der Waals surface area contributed by atoms with Gasteiger partial charge in [-0.15, -0.1) is 0 Å². The minimum atomic E-state index is -0.761. The van der Waals surface area contributed by atoms with Crippen molar-refractivity contribution in [2.75, 3.05) is 13.7 Å². The predicted molar refractivity (Wildman–Crippen MR) is 75.6 cm³/mol. The summed E-state index contributed by atoms with van der Waals surface area (Å²) in [5.41, 5.74) is 2.17. The largest absolute Gasteiger partial charge is 0.494 e. The molecule has 0 aliphatic heterocycles. The van der Waals surface area contributed by atoms with E-state index in [-0.39, 0.29) is 12.0 Å². The Labute approximate surface area is 114 Å². The number of hydrogen-bond donors (Lipinski definition) is 2. The zero-order valence-electron chi connectivity index (χ0n) is 12.1. The van der Waals surface area contributed by atoms with Gasteiger partial charge < -0.3 is 15.2 Å². The number of ether oxygens (including phenoxy) is 1. The third kappa shape index (κ3) is 4.24. The Kier molecular flexibility index (Phi) is 5.83. The molecular formula is C15H23NO3. The van der Waals surface area contributed by atoms with Gasteiger partial charge in [-0.1, -0.05) is 19.1 Å². The van der Waals surface area contributed by atoms with Gasteiger partial charge in [-0.05, 0) is 44.5 Å². The van der Waals surface area contributed by atoms with Gasteiger partial charge >= 0.3 is 5.97 Å². The number of benzene rings is 1. The van der Waals surface area contributed by atoms with Crippen LogP contribution in [0.1, 0.15) is 37.4 Å². The van der Waals surface area contributed by atoms with Crippen molar-refractivity contribution in [3.8, 4) is 5.75 Å². The lowest BCUT2D eigenvalue weighted by Crippen LogP contribution is -2.22. The number of carbonyl (C=O) groups is 1. The van der Waals surface area contributed by atoms with Gasteiger partial charge in [0, 0.05) is 6.04 Å². The van der Waals surface area contributed by atoms with Crippen molar-refractivity contribution in [2.24, 2.45) is 5.92 Å². The SMILES string of the molecule is CCOc1ccc(C(CC(C)C(=O)O)NC)cc1C. The molecular weight excluding hydrogens is 242 g/mol. The fourth-order valence-electron chi connectivity index (χ4n) is 2.08. The topological polar surface area (TPSA) is 58.6 Å². The fraction of sp³-hybridized carbons (Fsp3) is 0.533. The molecule has 0 bridgehead atoms. The van der Waals surface area contributed by atoms with Crippen molar-refractivity contribution in [1.82, 2.24) is 5.32 Å². The fourth-order valence-corrected chi connectivity index (χ4v) is 2.08. The van der Waals surface area contributed by atoms with Crippen LogP contribution in [0.25, 0.3) is 0 Å². The van der Waals surface area contributed by atoms with E-state index in [2.05, 4.69) is 11.4 Å². The summed E-state index contributed by atoms with van der Waals surface area (Å²) in [5, 5.41) is 12.2. The monoisotopic (exact) mass is 265 g/mol. The summed E-state index contributed by atoms with van der Waals surface area (Å²) >= 11 is 0. The van der Waals surface area contributed by atoms with E-state index < -0.39 is 5.97 Å². The van der Waals surface area contributed by atoms with E-state index in [9.17, 15) is 4.79 Å². The van der Waals surface area contributed by atoms with E-state index in [1.54, 1.807) is 6.92 Å². The Bertz CT molecular complexity index is 431. The number of nitrogens with one attached hydrogen (secondary N) is 1. The lowest BCUT2D eigenvalue weighted by molar-refractivity contribution is -0.141. The van der Waals surface area contributed by atoms with Crippen LogP contribution in [0.15, 0.2) is 18.2 Å². The molecule has 0 saturated carbocycles. The molecule has 1 rings (SSSR count). The van der Waals surface area contributed by atoms with Crippen LogP contribution in [0.3, 0.4) is 0 Å². The van der Waals surface area contributed by atoms with Gasteiger partial charge in [0.15, 0.2) is 0 Å². The molecule has 4 nitrogen and oxygen atoms in total. The van der Waals surface area contributed by atoms with E-state index in [0.717, 1.165) is 16.9 Å². The highest BCUT2D eigenvalue weighted by Gasteiger charge is 2.19. The van der Waals surface area contributed by atoms with Crippen LogP contribution < -0.4 is 10.1 Å². The molecule has 2 unspecified atom stereocenters. The number of carboxylic acid groups (broad SMARTS) is 1. The lowest BCUT2D eigenvalue weighted by Gasteiger charge is -2.20. The summed E-state index contributed by atoms with van der Waals surface area (Å²) < 4.78 is 5.51. The molecule has 0 spiro atoms. The maximum Gasteiger partial charge on any atom is 0.306 e. The zero-order chi connectivity index (χ0) is 14.4. The molecule has 106 valence electrons. The number of rotatable bonds is 7. The second kappa shape index (κ2) is 7.14. The van der Waals surface area contributed by atoms with E-state index in [4.69, 9.17) is 9.84 Å². The Morgan fingerprint density at radius 2 is 2.16 bits per heavy atom. The van der Waals surface area contributed by atoms with Gasteiger partial charge in [0.25, 0.3) is 0 Å². The quantitative estimate of drug-likeness (QED) is 0.796. The van der Waals surface area contributed by atoms with Gasteiger partial charge in [-0.25, -0.2) is 0 Å². The van der Waals surface area contributed by atoms with Crippen molar-refractivity contribution in [1.29, 1.82) is 0 Å². The predicted octanol–water partition coefficient (Wildman–Crippen LogP) is 2.77. The first-order valence-corrected chi connectivity index (χ1v) is 6.63. The summed E-state index contributed by atoms with van der Waals surface area (Å²) in [5.74, 6) is -0.250. The molecule has 2 N–H and O–H groups in total. The van der Waals surface area contributed by atoms with E-state index >= 15 is 0 Å². The summed E-state index contributed by atoms with van der Waals surface area (Å²) in [7, 11) is 1.85. The highest BCUT2D eigenvalue weighted by atomic mass is 16.5. The Morgan fingerprint density at radius 3 is 2.63 bits per heavy atom. The van der Waals surface area contributed by atoms with Crippen molar-refractivity contribution < 1.29 is 14.6 Å². The standard InChI is InChI=1S/C15H23NO3/c1-5-19-14-7-6-12(8-10(14)2)13(16-4)9-11(3)15(17)18/h6-8,11,13,16H,5,9H2,1-4H3,(H,17,18). The van der Waals surface area contributed by atoms with E-state index in [1.165, 1.54) is 0 Å². The molecule has 0 saturated heterocycles. The van der Waals surface area contributed by atoms with Crippen LogP contribution in [-0.2, 0) is 4.79 Å². The summed E-state index contributed by atoms with van der Waals surface area (Å²) in [6.07, 6.45) is 0.569. The summed E-state index contributed by atoms with van der Waals surface area (Å²) in [6.45, 7) is 6.33. The van der Waals surface area contributed by atoms with Crippen LogP contribution in [0.5, 0.6) is 5.75 Å². The van der Waals surface area contributed by atoms with Crippen molar-refractivity contribution in [3.05, 3.63) is 29.3 Å². The van der Waals surface area contributed by atoms with Crippen LogP contribution in [0.4, 0.5) is 0 Å². The second-order valence-electron chi connectivity index (χ2n) is 4.77. The molecule has 1 aromatic rings. The third-order valence-corrected chi connectivity index (χ3v) is 3.26. The normalized spacial score (nSPS) is 13.9. The van der Waals surface area contributed by atoms with Gasteiger partial charge in [-0.3, -0.25) is 4.79 Å². The van der Waals surface area contributed by atoms with Gasteiger partial charge in [-0.2, -0.15) is 0 Å². The first-order chi connectivity index (χ1) is 8.99. The first kappa shape index (κ1) is 15.5. The Balaban J connectivity index is 2.87. The summed E-state index contributed by atoms with van der Waals surface area (Å²) in [6, 6.07) is 6.04. The van der Waals surface area contributed by atoms with Crippen molar-refractivity contribution in [2.45, 2.75) is 33.2 Å². The number of aryl methyl sites for hydroxylation is 1. The molecule has 0 heterocycles.